The summed E-state index contributed by atoms with van der Waals surface area (Å²) in [6, 6.07) is 5.95. The van der Waals surface area contributed by atoms with Gasteiger partial charge in [-0.15, -0.1) is 11.8 Å². The zero-order valence-electron chi connectivity index (χ0n) is 7.54. The Balaban J connectivity index is 2.46. The Labute approximate surface area is 86.0 Å². The van der Waals surface area contributed by atoms with E-state index in [1.54, 1.807) is 12.1 Å². The minimum atomic E-state index is -0.285. The number of rotatable bonds is 4. The molecule has 2 N–H and O–H groups in total. The molecule has 76 valence electrons. The van der Waals surface area contributed by atoms with Crippen molar-refractivity contribution in [2.24, 2.45) is 5.73 Å². The van der Waals surface area contributed by atoms with Gasteiger partial charge in [0.1, 0.15) is 11.6 Å². The molecule has 0 radical (unpaired) electrons. The zero-order valence-corrected chi connectivity index (χ0v) is 8.36. The van der Waals surface area contributed by atoms with Gasteiger partial charge in [-0.1, -0.05) is 0 Å². The first-order chi connectivity index (χ1) is 6.72. The highest BCUT2D eigenvalue weighted by Gasteiger charge is 1.97. The van der Waals surface area contributed by atoms with E-state index in [1.165, 1.54) is 30.0 Å². The molecule has 14 heavy (non-hydrogen) atoms. The summed E-state index contributed by atoms with van der Waals surface area (Å²) in [5, 5.41) is 0. The van der Waals surface area contributed by atoms with Crippen molar-refractivity contribution in [1.82, 2.24) is 0 Å². The maximum atomic E-state index is 12.9. The zero-order chi connectivity index (χ0) is 10.4. The number of halogens is 2. The summed E-state index contributed by atoms with van der Waals surface area (Å²) < 4.78 is 25.3. The van der Waals surface area contributed by atoms with Crippen molar-refractivity contribution in [3.63, 3.8) is 0 Å². The third-order valence-electron chi connectivity index (χ3n) is 1.53. The molecule has 1 rings (SSSR count). The summed E-state index contributed by atoms with van der Waals surface area (Å²) in [5.74, 6) is -0.294. The van der Waals surface area contributed by atoms with Gasteiger partial charge >= 0.3 is 0 Å². The van der Waals surface area contributed by atoms with Crippen LogP contribution in [0.15, 0.2) is 41.1 Å². The van der Waals surface area contributed by atoms with Crippen molar-refractivity contribution in [2.45, 2.75) is 4.90 Å². The van der Waals surface area contributed by atoms with Gasteiger partial charge in [-0.05, 0) is 30.3 Å². The lowest BCUT2D eigenvalue weighted by molar-refractivity contribution is 0.626. The third-order valence-corrected chi connectivity index (χ3v) is 2.56. The fraction of sp³-hybridized carbons (Fsp3) is 0.200. The van der Waals surface area contributed by atoms with Crippen molar-refractivity contribution in [3.8, 4) is 0 Å². The maximum Gasteiger partial charge on any atom is 0.123 e. The molecule has 0 heterocycles. The molecule has 0 aliphatic carbocycles. The van der Waals surface area contributed by atoms with E-state index >= 15 is 0 Å². The van der Waals surface area contributed by atoms with Crippen LogP contribution in [0.4, 0.5) is 8.78 Å². The molecule has 0 unspecified atom stereocenters. The minimum Gasteiger partial charge on any atom is -0.327 e. The average molecular weight is 215 g/mol. The molecule has 0 amide bonds. The molecule has 0 fully saturated rings. The summed E-state index contributed by atoms with van der Waals surface area (Å²) in [6.07, 6.45) is 1.33. The van der Waals surface area contributed by atoms with Crippen molar-refractivity contribution < 1.29 is 8.78 Å². The lowest BCUT2D eigenvalue weighted by Crippen LogP contribution is -1.95. The van der Waals surface area contributed by atoms with E-state index in [-0.39, 0.29) is 23.9 Å². The van der Waals surface area contributed by atoms with Gasteiger partial charge in [0.25, 0.3) is 0 Å². The second-order valence-electron chi connectivity index (χ2n) is 2.63. The first-order valence-electron chi connectivity index (χ1n) is 4.15. The van der Waals surface area contributed by atoms with E-state index in [1.807, 2.05) is 0 Å². The molecule has 1 aromatic carbocycles. The molecule has 4 heteroatoms. The van der Waals surface area contributed by atoms with Crippen LogP contribution in [0.2, 0.25) is 0 Å². The fourth-order valence-corrected chi connectivity index (χ4v) is 1.62. The van der Waals surface area contributed by atoms with E-state index in [4.69, 9.17) is 5.73 Å². The van der Waals surface area contributed by atoms with Crippen LogP contribution in [0.1, 0.15) is 0 Å². The first-order valence-corrected chi connectivity index (χ1v) is 5.14. The molecule has 0 aromatic heterocycles. The SMILES string of the molecule is NC/C=C(\F)CSc1ccc(F)cc1. The summed E-state index contributed by atoms with van der Waals surface area (Å²) in [6.45, 7) is 0.204. The van der Waals surface area contributed by atoms with Gasteiger partial charge in [0, 0.05) is 17.2 Å². The Hall–Kier alpha value is -0.870. The normalized spacial score (nSPS) is 11.8. The van der Waals surface area contributed by atoms with Gasteiger partial charge in [-0.25, -0.2) is 8.78 Å². The molecule has 0 aliphatic heterocycles. The summed E-state index contributed by atoms with van der Waals surface area (Å²) >= 11 is 1.31. The van der Waals surface area contributed by atoms with Gasteiger partial charge in [0.05, 0.1) is 0 Å². The predicted octanol–water partition coefficient (Wildman–Crippen LogP) is 2.73. The number of nitrogens with two attached hydrogens (primary N) is 1. The standard InChI is InChI=1S/C10H11F2NS/c11-8-1-3-10(4-2-8)14-7-9(12)5-6-13/h1-5H,6-7,13H2/b9-5-. The fourth-order valence-electron chi connectivity index (χ4n) is 0.870. The number of benzene rings is 1. The smallest absolute Gasteiger partial charge is 0.123 e. The topological polar surface area (TPSA) is 26.0 Å². The van der Waals surface area contributed by atoms with Crippen molar-refractivity contribution >= 4 is 11.8 Å². The van der Waals surface area contributed by atoms with Crippen LogP contribution >= 0.6 is 11.8 Å². The maximum absolute atomic E-state index is 12.9. The summed E-state index contributed by atoms with van der Waals surface area (Å²) in [7, 11) is 0. The van der Waals surface area contributed by atoms with E-state index in [0.29, 0.717) is 0 Å². The summed E-state index contributed by atoms with van der Waals surface area (Å²) in [4.78, 5) is 0.840. The second kappa shape index (κ2) is 5.78. The molecule has 0 saturated heterocycles. The molecule has 1 nitrogen and oxygen atoms in total. The lowest BCUT2D eigenvalue weighted by Gasteiger charge is -1.99. The van der Waals surface area contributed by atoms with E-state index in [9.17, 15) is 8.78 Å². The molecule has 0 atom stereocenters. The Bertz CT molecular complexity index is 308. The van der Waals surface area contributed by atoms with Crippen LogP contribution in [0.25, 0.3) is 0 Å². The van der Waals surface area contributed by atoms with Crippen LogP contribution in [-0.4, -0.2) is 12.3 Å². The van der Waals surface area contributed by atoms with Crippen molar-refractivity contribution in [3.05, 3.63) is 42.0 Å². The number of hydrogen-bond donors (Lipinski definition) is 1. The Morgan fingerprint density at radius 1 is 1.36 bits per heavy atom. The highest BCUT2D eigenvalue weighted by Crippen LogP contribution is 2.20. The van der Waals surface area contributed by atoms with E-state index in [0.717, 1.165) is 4.90 Å². The molecule has 0 saturated carbocycles. The Morgan fingerprint density at radius 2 is 2.00 bits per heavy atom. The molecule has 1 aromatic rings. The predicted molar refractivity (Wildman–Crippen MR) is 55.4 cm³/mol. The Morgan fingerprint density at radius 3 is 2.57 bits per heavy atom. The van der Waals surface area contributed by atoms with Crippen LogP contribution < -0.4 is 5.73 Å². The van der Waals surface area contributed by atoms with E-state index < -0.39 is 0 Å². The van der Waals surface area contributed by atoms with Crippen molar-refractivity contribution in [1.29, 1.82) is 0 Å². The van der Waals surface area contributed by atoms with Gasteiger partial charge < -0.3 is 5.73 Å². The molecule has 0 spiro atoms. The van der Waals surface area contributed by atoms with Gasteiger partial charge in [0.2, 0.25) is 0 Å². The monoisotopic (exact) mass is 215 g/mol. The molecular formula is C10H11F2NS. The van der Waals surface area contributed by atoms with E-state index in [2.05, 4.69) is 0 Å². The highest BCUT2D eigenvalue weighted by atomic mass is 32.2. The van der Waals surface area contributed by atoms with Crippen LogP contribution in [0, 0.1) is 5.82 Å². The third kappa shape index (κ3) is 3.89. The summed E-state index contributed by atoms with van der Waals surface area (Å²) in [5.41, 5.74) is 5.14. The first kappa shape index (κ1) is 11.2. The molecular weight excluding hydrogens is 204 g/mol. The van der Waals surface area contributed by atoms with Crippen molar-refractivity contribution in [2.75, 3.05) is 12.3 Å². The molecule has 0 aliphatic rings. The largest absolute Gasteiger partial charge is 0.327 e. The number of hydrogen-bond acceptors (Lipinski definition) is 2. The minimum absolute atomic E-state index is 0.204. The highest BCUT2D eigenvalue weighted by molar-refractivity contribution is 7.99. The van der Waals surface area contributed by atoms with Gasteiger partial charge in [0.15, 0.2) is 0 Å². The van der Waals surface area contributed by atoms with Crippen LogP contribution in [0.5, 0.6) is 0 Å². The second-order valence-corrected chi connectivity index (χ2v) is 3.68. The molecule has 0 bridgehead atoms. The van der Waals surface area contributed by atoms with Gasteiger partial charge in [-0.3, -0.25) is 0 Å². The van der Waals surface area contributed by atoms with Gasteiger partial charge in [-0.2, -0.15) is 0 Å². The lowest BCUT2D eigenvalue weighted by atomic mass is 10.4. The van der Waals surface area contributed by atoms with Crippen LogP contribution in [0.3, 0.4) is 0 Å². The average Bonchev–Trinajstić information content (AvgIpc) is 2.17. The quantitative estimate of drug-likeness (QED) is 0.781. The van der Waals surface area contributed by atoms with Crippen LogP contribution in [-0.2, 0) is 0 Å². The number of thioether (sulfide) groups is 1. The Kier molecular flexibility index (Phi) is 4.62.